The molecule has 0 N–H and O–H groups in total. The number of hydrogen-bond acceptors (Lipinski definition) is 3. The van der Waals surface area contributed by atoms with Gasteiger partial charge < -0.3 is 0 Å². The van der Waals surface area contributed by atoms with E-state index in [0.717, 1.165) is 43.7 Å². The van der Waals surface area contributed by atoms with Crippen LogP contribution in [-0.4, -0.2) is 23.0 Å². The average molecular weight is 277 g/mol. The van der Waals surface area contributed by atoms with Crippen LogP contribution >= 0.6 is 0 Å². The van der Waals surface area contributed by atoms with E-state index in [1.54, 1.807) is 0 Å². The fraction of sp³-hybridized carbons (Fsp3) is 0.333. The Morgan fingerprint density at radius 3 is 2.38 bits per heavy atom. The molecule has 3 rings (SSSR count). The lowest BCUT2D eigenvalue weighted by Gasteiger charge is -2.37. The molecule has 1 aliphatic rings. The van der Waals surface area contributed by atoms with Crippen LogP contribution in [0.3, 0.4) is 0 Å². The quantitative estimate of drug-likeness (QED) is 0.865. The van der Waals surface area contributed by atoms with Gasteiger partial charge in [0, 0.05) is 25.8 Å². The van der Waals surface area contributed by atoms with Gasteiger partial charge in [-0.1, -0.05) is 36.4 Å². The van der Waals surface area contributed by atoms with Crippen molar-refractivity contribution < 1.29 is 0 Å². The van der Waals surface area contributed by atoms with Gasteiger partial charge in [-0.15, -0.1) is 0 Å². The van der Waals surface area contributed by atoms with Crippen molar-refractivity contribution in [2.24, 2.45) is 0 Å². The standard InChI is InChI=1S/C18H19N3/c19-15-18(16-6-2-1-3-7-16)9-12-21(13-10-18)14-17-8-4-5-11-20-17/h1-8,11H,9-10,12-14H2. The normalized spacial score (nSPS) is 18.0. The van der Waals surface area contributed by atoms with E-state index in [1.807, 2.05) is 36.5 Å². The van der Waals surface area contributed by atoms with Crippen LogP contribution in [-0.2, 0) is 12.0 Å². The van der Waals surface area contributed by atoms with E-state index in [1.165, 1.54) is 0 Å². The maximum Gasteiger partial charge on any atom is 0.0846 e. The Kier molecular flexibility index (Phi) is 3.98. The van der Waals surface area contributed by atoms with Gasteiger partial charge in [0.05, 0.1) is 17.2 Å². The van der Waals surface area contributed by atoms with Crippen LogP contribution in [0.1, 0.15) is 24.1 Å². The van der Waals surface area contributed by atoms with Gasteiger partial charge in [-0.05, 0) is 30.5 Å². The van der Waals surface area contributed by atoms with E-state index in [2.05, 4.69) is 34.2 Å². The summed E-state index contributed by atoms with van der Waals surface area (Å²) in [5, 5.41) is 9.69. The highest BCUT2D eigenvalue weighted by Crippen LogP contribution is 2.35. The Bertz CT molecular complexity index is 608. The van der Waals surface area contributed by atoms with Crippen LogP contribution in [0, 0.1) is 11.3 Å². The van der Waals surface area contributed by atoms with Crippen LogP contribution in [0.15, 0.2) is 54.7 Å². The molecule has 0 amide bonds. The third kappa shape index (κ3) is 2.96. The van der Waals surface area contributed by atoms with Crippen molar-refractivity contribution in [1.82, 2.24) is 9.88 Å². The third-order valence-corrected chi connectivity index (χ3v) is 4.36. The molecule has 0 unspecified atom stereocenters. The fourth-order valence-electron chi connectivity index (χ4n) is 3.04. The van der Waals surface area contributed by atoms with Crippen LogP contribution in [0.4, 0.5) is 0 Å². The number of likely N-dealkylation sites (tertiary alicyclic amines) is 1. The Labute approximate surface area is 125 Å². The lowest BCUT2D eigenvalue weighted by Crippen LogP contribution is -2.41. The molecule has 3 heteroatoms. The fourth-order valence-corrected chi connectivity index (χ4v) is 3.04. The topological polar surface area (TPSA) is 39.9 Å². The van der Waals surface area contributed by atoms with Gasteiger partial charge in [0.15, 0.2) is 0 Å². The molecule has 1 aromatic carbocycles. The zero-order valence-electron chi connectivity index (χ0n) is 12.1. The second-order valence-corrected chi connectivity index (χ2v) is 5.66. The summed E-state index contributed by atoms with van der Waals surface area (Å²) in [5.41, 5.74) is 1.94. The molecule has 2 heterocycles. The first-order chi connectivity index (χ1) is 10.3. The number of nitrogens with zero attached hydrogens (tertiary/aromatic N) is 3. The van der Waals surface area contributed by atoms with Crippen molar-refractivity contribution in [1.29, 1.82) is 5.26 Å². The SMILES string of the molecule is N#CC1(c2ccccc2)CCN(Cc2ccccn2)CC1. The van der Waals surface area contributed by atoms with Crippen molar-refractivity contribution in [3.8, 4) is 6.07 Å². The molecule has 0 radical (unpaired) electrons. The van der Waals surface area contributed by atoms with Gasteiger partial charge in [0.2, 0.25) is 0 Å². The molecule has 1 aliphatic heterocycles. The lowest BCUT2D eigenvalue weighted by molar-refractivity contribution is 0.177. The molecule has 21 heavy (non-hydrogen) atoms. The summed E-state index contributed by atoms with van der Waals surface area (Å²) >= 11 is 0. The van der Waals surface area contributed by atoms with Gasteiger partial charge in [-0.3, -0.25) is 9.88 Å². The highest BCUT2D eigenvalue weighted by Gasteiger charge is 2.36. The van der Waals surface area contributed by atoms with Crippen LogP contribution < -0.4 is 0 Å². The van der Waals surface area contributed by atoms with E-state index < -0.39 is 0 Å². The zero-order chi connectivity index (χ0) is 14.5. The Balaban J connectivity index is 1.68. The van der Waals surface area contributed by atoms with E-state index in [4.69, 9.17) is 0 Å². The van der Waals surface area contributed by atoms with Gasteiger partial charge in [0.25, 0.3) is 0 Å². The molecule has 1 fully saturated rings. The van der Waals surface area contributed by atoms with Gasteiger partial charge >= 0.3 is 0 Å². The van der Waals surface area contributed by atoms with E-state index in [0.29, 0.717) is 0 Å². The summed E-state index contributed by atoms with van der Waals surface area (Å²) in [6.45, 7) is 2.76. The summed E-state index contributed by atoms with van der Waals surface area (Å²) in [6.07, 6.45) is 3.61. The summed E-state index contributed by atoms with van der Waals surface area (Å²) in [7, 11) is 0. The molecule has 1 aromatic heterocycles. The molecule has 0 saturated carbocycles. The number of benzene rings is 1. The second-order valence-electron chi connectivity index (χ2n) is 5.66. The van der Waals surface area contributed by atoms with Gasteiger partial charge in [-0.25, -0.2) is 0 Å². The molecule has 0 atom stereocenters. The molecule has 0 aliphatic carbocycles. The first-order valence-corrected chi connectivity index (χ1v) is 7.41. The van der Waals surface area contributed by atoms with Crippen LogP contribution in [0.5, 0.6) is 0 Å². The first kappa shape index (κ1) is 13.8. The Hall–Kier alpha value is -2.18. The molecule has 3 nitrogen and oxygen atoms in total. The number of piperidine rings is 1. The van der Waals surface area contributed by atoms with Crippen molar-refractivity contribution in [2.45, 2.75) is 24.8 Å². The molecular weight excluding hydrogens is 258 g/mol. The smallest absolute Gasteiger partial charge is 0.0846 e. The molecule has 106 valence electrons. The summed E-state index contributed by atoms with van der Waals surface area (Å²) in [4.78, 5) is 6.77. The van der Waals surface area contributed by atoms with E-state index in [-0.39, 0.29) is 5.41 Å². The molecule has 2 aromatic rings. The highest BCUT2D eigenvalue weighted by molar-refractivity contribution is 5.33. The lowest BCUT2D eigenvalue weighted by atomic mass is 9.74. The molecule has 0 bridgehead atoms. The average Bonchev–Trinajstić information content (AvgIpc) is 2.58. The maximum atomic E-state index is 9.69. The van der Waals surface area contributed by atoms with Crippen molar-refractivity contribution in [2.75, 3.05) is 13.1 Å². The minimum Gasteiger partial charge on any atom is -0.297 e. The monoisotopic (exact) mass is 277 g/mol. The number of hydrogen-bond donors (Lipinski definition) is 0. The number of rotatable bonds is 3. The third-order valence-electron chi connectivity index (χ3n) is 4.36. The molecule has 1 saturated heterocycles. The summed E-state index contributed by atoms with van der Waals surface area (Å²) in [6, 6.07) is 18.8. The largest absolute Gasteiger partial charge is 0.297 e. The van der Waals surface area contributed by atoms with E-state index in [9.17, 15) is 5.26 Å². The number of nitriles is 1. The van der Waals surface area contributed by atoms with Gasteiger partial charge in [0.1, 0.15) is 0 Å². The minimum atomic E-state index is -0.318. The van der Waals surface area contributed by atoms with Crippen molar-refractivity contribution in [3.63, 3.8) is 0 Å². The van der Waals surface area contributed by atoms with Crippen molar-refractivity contribution in [3.05, 3.63) is 66.0 Å². The van der Waals surface area contributed by atoms with E-state index >= 15 is 0 Å². The molecular formula is C18H19N3. The highest BCUT2D eigenvalue weighted by atomic mass is 15.1. The van der Waals surface area contributed by atoms with Crippen molar-refractivity contribution >= 4 is 0 Å². The Morgan fingerprint density at radius 2 is 1.76 bits per heavy atom. The zero-order valence-corrected chi connectivity index (χ0v) is 12.1. The predicted octanol–water partition coefficient (Wildman–Crippen LogP) is 3.14. The summed E-state index contributed by atoms with van der Waals surface area (Å²) < 4.78 is 0. The predicted molar refractivity (Wildman–Crippen MR) is 82.5 cm³/mol. The number of pyridine rings is 1. The van der Waals surface area contributed by atoms with Gasteiger partial charge in [-0.2, -0.15) is 5.26 Å². The summed E-state index contributed by atoms with van der Waals surface area (Å²) in [5.74, 6) is 0. The van der Waals surface area contributed by atoms with Crippen LogP contribution in [0.25, 0.3) is 0 Å². The Morgan fingerprint density at radius 1 is 1.05 bits per heavy atom. The maximum absolute atomic E-state index is 9.69. The minimum absolute atomic E-state index is 0.318. The molecule has 0 spiro atoms. The van der Waals surface area contributed by atoms with Crippen LogP contribution in [0.2, 0.25) is 0 Å². The second kappa shape index (κ2) is 6.07. The number of aromatic nitrogens is 1. The first-order valence-electron chi connectivity index (χ1n) is 7.41.